The smallest absolute Gasteiger partial charge is 0.326 e. The van der Waals surface area contributed by atoms with Gasteiger partial charge in [-0.15, -0.1) is 0 Å². The van der Waals surface area contributed by atoms with Gasteiger partial charge in [-0.1, -0.05) is 0 Å². The van der Waals surface area contributed by atoms with Crippen LogP contribution in [0.2, 0.25) is 0 Å². The molecule has 0 aromatic carbocycles. The molecule has 11 N–H and O–H groups in total. The molecule has 0 bridgehead atoms. The highest BCUT2D eigenvalue weighted by atomic mass is 16.5. The van der Waals surface area contributed by atoms with Crippen molar-refractivity contribution in [3.05, 3.63) is 0 Å². The fourth-order valence-electron chi connectivity index (χ4n) is 6.13. The summed E-state index contributed by atoms with van der Waals surface area (Å²) in [6.45, 7) is 2.55. The molecule has 1 unspecified atom stereocenters. The van der Waals surface area contributed by atoms with Crippen LogP contribution >= 0.6 is 0 Å². The van der Waals surface area contributed by atoms with Gasteiger partial charge in [0.2, 0.25) is 35.4 Å². The number of hydrogen-bond donors (Lipinski definition) is 11. The SMILES string of the molecule is CCOCCNC(=O)[C@H](CCC(=O)O)NC(=O)[C@H](CCC(=O)O)NC(=O)[C@H](CCC(=O)O)NC(=O)CCC(NC(=O)[C@H]1CC[C@H](CNC(=O)CCCC(=O)O)CC1)C(=O)O. The molecular weight excluding hydrogens is 800 g/mol. The molecule has 1 aliphatic rings. The summed E-state index contributed by atoms with van der Waals surface area (Å²) in [7, 11) is 0. The molecule has 0 aromatic heterocycles. The van der Waals surface area contributed by atoms with Crippen LogP contribution in [0.1, 0.15) is 103 Å². The number of ether oxygens (including phenoxy) is 1. The van der Waals surface area contributed by atoms with E-state index in [-0.39, 0.29) is 50.7 Å². The zero-order valence-corrected chi connectivity index (χ0v) is 33.5. The third kappa shape index (κ3) is 22.9. The van der Waals surface area contributed by atoms with Gasteiger partial charge in [0.25, 0.3) is 0 Å². The minimum atomic E-state index is -1.66. The molecule has 0 spiro atoms. The Morgan fingerprint density at radius 3 is 1.50 bits per heavy atom. The van der Waals surface area contributed by atoms with E-state index in [4.69, 9.17) is 14.9 Å². The van der Waals surface area contributed by atoms with Crippen LogP contribution in [0.3, 0.4) is 0 Å². The molecule has 4 atom stereocenters. The third-order valence-corrected chi connectivity index (χ3v) is 9.48. The molecule has 338 valence electrons. The Kier molecular flexibility index (Phi) is 24.8. The normalized spacial score (nSPS) is 16.7. The van der Waals surface area contributed by atoms with Crippen molar-refractivity contribution in [3.8, 4) is 0 Å². The first kappa shape index (κ1) is 52.1. The van der Waals surface area contributed by atoms with Gasteiger partial charge in [-0.05, 0) is 70.6 Å². The summed E-state index contributed by atoms with van der Waals surface area (Å²) in [5, 5.41) is 60.7. The lowest BCUT2D eigenvalue weighted by atomic mass is 9.81. The molecule has 1 aliphatic carbocycles. The van der Waals surface area contributed by atoms with Crippen LogP contribution in [0.15, 0.2) is 0 Å². The molecule has 23 heteroatoms. The van der Waals surface area contributed by atoms with E-state index in [1.165, 1.54) is 0 Å². The number of carboxylic acids is 5. The highest BCUT2D eigenvalue weighted by Crippen LogP contribution is 2.29. The number of carbonyl (C=O) groups is 11. The molecule has 60 heavy (non-hydrogen) atoms. The Bertz CT molecular complexity index is 1520. The molecule has 0 aliphatic heterocycles. The molecule has 0 radical (unpaired) electrons. The average Bonchev–Trinajstić information content (AvgIpc) is 3.18. The largest absolute Gasteiger partial charge is 0.481 e. The first-order valence-corrected chi connectivity index (χ1v) is 19.7. The quantitative estimate of drug-likeness (QED) is 0.0362. The lowest BCUT2D eigenvalue weighted by molar-refractivity contribution is -0.143. The number of carboxylic acid groups (broad SMARTS) is 5. The highest BCUT2D eigenvalue weighted by Gasteiger charge is 2.32. The number of aliphatic carboxylic acids is 5. The maximum absolute atomic E-state index is 13.4. The molecule has 0 aromatic rings. The molecule has 6 amide bonds. The summed E-state index contributed by atoms with van der Waals surface area (Å²) in [5.74, 6) is -11.7. The summed E-state index contributed by atoms with van der Waals surface area (Å²) in [4.78, 5) is 134. The van der Waals surface area contributed by atoms with Gasteiger partial charge < -0.3 is 62.2 Å². The zero-order valence-electron chi connectivity index (χ0n) is 33.5. The molecule has 0 saturated heterocycles. The number of carbonyl (C=O) groups excluding carboxylic acids is 6. The number of amides is 6. The van der Waals surface area contributed by atoms with E-state index in [1.54, 1.807) is 6.92 Å². The van der Waals surface area contributed by atoms with Crippen LogP contribution in [0.5, 0.6) is 0 Å². The standard InChI is InChI=1S/C37H58N6O17/c1-2-60-19-18-38-34(55)23(11-15-30(48)49)41-36(57)25(13-17-32(52)53)42-35(56)24(12-16-31(50)51)40-28(45)14-10-26(37(58)59)43-33(54)22-8-6-21(7-9-22)20-39-27(44)4-3-5-29(46)47/h21-26H,2-20H2,1H3,(H,38,55)(H,39,44)(H,40,45)(H,41,57)(H,42,56)(H,43,54)(H,46,47)(H,48,49)(H,50,51)(H,52,53)(H,58,59)/t21-,22-,23-,24-,25-,26?/m0/s1. The van der Waals surface area contributed by atoms with Crippen LogP contribution in [-0.4, -0.2) is 141 Å². The second kappa shape index (κ2) is 28.5. The second-order valence-corrected chi connectivity index (χ2v) is 14.2. The lowest BCUT2D eigenvalue weighted by Crippen LogP contribution is -2.57. The zero-order chi connectivity index (χ0) is 45.2. The van der Waals surface area contributed by atoms with Crippen molar-refractivity contribution in [1.82, 2.24) is 31.9 Å². The van der Waals surface area contributed by atoms with Gasteiger partial charge in [-0.25, -0.2) is 4.79 Å². The van der Waals surface area contributed by atoms with Gasteiger partial charge in [0, 0.05) is 64.1 Å². The highest BCUT2D eigenvalue weighted by molar-refractivity contribution is 5.95. The van der Waals surface area contributed by atoms with E-state index >= 15 is 0 Å². The van der Waals surface area contributed by atoms with Crippen molar-refractivity contribution < 1.29 is 83.0 Å². The molecule has 1 rings (SSSR count). The van der Waals surface area contributed by atoms with Crippen molar-refractivity contribution in [2.75, 3.05) is 26.3 Å². The van der Waals surface area contributed by atoms with Gasteiger partial charge in [-0.2, -0.15) is 0 Å². The summed E-state index contributed by atoms with van der Waals surface area (Å²) in [6.07, 6.45) is -2.21. The van der Waals surface area contributed by atoms with Crippen molar-refractivity contribution in [3.63, 3.8) is 0 Å². The van der Waals surface area contributed by atoms with Crippen LogP contribution in [0.25, 0.3) is 0 Å². The topological polar surface area (TPSA) is 370 Å². The predicted molar refractivity (Wildman–Crippen MR) is 205 cm³/mol. The van der Waals surface area contributed by atoms with Gasteiger partial charge in [-0.3, -0.25) is 47.9 Å². The molecule has 1 fully saturated rings. The van der Waals surface area contributed by atoms with Crippen molar-refractivity contribution in [2.24, 2.45) is 11.8 Å². The summed E-state index contributed by atoms with van der Waals surface area (Å²) in [6, 6.07) is -6.23. The van der Waals surface area contributed by atoms with Crippen molar-refractivity contribution in [2.45, 2.75) is 127 Å². The first-order chi connectivity index (χ1) is 28.3. The Hall–Kier alpha value is -5.87. The van der Waals surface area contributed by atoms with E-state index in [0.717, 1.165) is 0 Å². The van der Waals surface area contributed by atoms with Gasteiger partial charge >= 0.3 is 29.8 Å². The van der Waals surface area contributed by atoms with E-state index in [9.17, 15) is 68.1 Å². The van der Waals surface area contributed by atoms with E-state index in [2.05, 4.69) is 31.9 Å². The second-order valence-electron chi connectivity index (χ2n) is 14.2. The van der Waals surface area contributed by atoms with Crippen LogP contribution < -0.4 is 31.9 Å². The number of nitrogens with one attached hydrogen (secondary N) is 6. The van der Waals surface area contributed by atoms with Gasteiger partial charge in [0.05, 0.1) is 6.61 Å². The summed E-state index contributed by atoms with van der Waals surface area (Å²) in [5.41, 5.74) is 0. The van der Waals surface area contributed by atoms with E-state index in [1.807, 2.05) is 0 Å². The van der Waals surface area contributed by atoms with E-state index < -0.39 is 134 Å². The predicted octanol–water partition coefficient (Wildman–Crippen LogP) is -1.29. The Balaban J connectivity index is 2.92. The molecular formula is C37H58N6O17. The monoisotopic (exact) mass is 858 g/mol. The average molecular weight is 859 g/mol. The number of rotatable bonds is 31. The van der Waals surface area contributed by atoms with Crippen molar-refractivity contribution in [1.29, 1.82) is 0 Å². The number of hydrogen-bond acceptors (Lipinski definition) is 12. The lowest BCUT2D eigenvalue weighted by Gasteiger charge is -2.29. The molecule has 23 nitrogen and oxygen atoms in total. The van der Waals surface area contributed by atoms with Gasteiger partial charge in [0.1, 0.15) is 24.2 Å². The molecule has 1 saturated carbocycles. The first-order valence-electron chi connectivity index (χ1n) is 19.7. The maximum atomic E-state index is 13.4. The van der Waals surface area contributed by atoms with Crippen LogP contribution in [-0.2, 0) is 57.5 Å². The minimum absolute atomic E-state index is 0.0153. The fraction of sp³-hybridized carbons (Fsp3) is 0.703. The van der Waals surface area contributed by atoms with Crippen LogP contribution in [0.4, 0.5) is 0 Å². The van der Waals surface area contributed by atoms with Crippen LogP contribution in [0, 0.1) is 11.8 Å². The minimum Gasteiger partial charge on any atom is -0.481 e. The summed E-state index contributed by atoms with van der Waals surface area (Å²) < 4.78 is 5.14. The van der Waals surface area contributed by atoms with E-state index in [0.29, 0.717) is 38.8 Å². The fourth-order valence-corrected chi connectivity index (χ4v) is 6.13. The van der Waals surface area contributed by atoms with Crippen molar-refractivity contribution >= 4 is 65.3 Å². The maximum Gasteiger partial charge on any atom is 0.326 e. The molecule has 0 heterocycles. The van der Waals surface area contributed by atoms with Gasteiger partial charge in [0.15, 0.2) is 0 Å². The summed E-state index contributed by atoms with van der Waals surface area (Å²) >= 11 is 0. The third-order valence-electron chi connectivity index (χ3n) is 9.48. The Morgan fingerprint density at radius 2 is 1.02 bits per heavy atom. The Morgan fingerprint density at radius 1 is 0.533 bits per heavy atom. The Labute approximate surface area is 345 Å².